The zero-order valence-corrected chi connectivity index (χ0v) is 19.1. The summed E-state index contributed by atoms with van der Waals surface area (Å²) in [5.74, 6) is -2.15. The topological polar surface area (TPSA) is 102 Å². The molecule has 1 N–H and O–H groups in total. The summed E-state index contributed by atoms with van der Waals surface area (Å²) in [4.78, 5) is 26.3. The van der Waals surface area contributed by atoms with E-state index >= 15 is 0 Å². The lowest BCUT2D eigenvalue weighted by molar-refractivity contribution is -0.137. The molecule has 1 aliphatic rings. The van der Waals surface area contributed by atoms with Crippen molar-refractivity contribution in [3.05, 3.63) is 81.7 Å². The van der Waals surface area contributed by atoms with E-state index in [0.29, 0.717) is 26.3 Å². The van der Waals surface area contributed by atoms with E-state index in [1.54, 1.807) is 4.90 Å². The molecule has 1 saturated heterocycles. The molecule has 2 aromatic heterocycles. The molecule has 0 unspecified atom stereocenters. The van der Waals surface area contributed by atoms with Crippen molar-refractivity contribution in [1.29, 1.82) is 0 Å². The minimum Gasteiger partial charge on any atom is -0.477 e. The molecule has 37 heavy (non-hydrogen) atoms. The quantitative estimate of drug-likeness (QED) is 0.405. The van der Waals surface area contributed by atoms with Gasteiger partial charge < -0.3 is 19.3 Å². The van der Waals surface area contributed by atoms with Crippen molar-refractivity contribution in [2.45, 2.75) is 12.7 Å². The van der Waals surface area contributed by atoms with Gasteiger partial charge in [0.25, 0.3) is 0 Å². The van der Waals surface area contributed by atoms with Crippen LogP contribution in [0.4, 0.5) is 23.2 Å². The molecule has 4 aromatic rings. The fourth-order valence-corrected chi connectivity index (χ4v) is 4.23. The number of pyridine rings is 1. The highest BCUT2D eigenvalue weighted by Gasteiger charge is 2.30. The van der Waals surface area contributed by atoms with Gasteiger partial charge in [-0.15, -0.1) is 5.10 Å². The van der Waals surface area contributed by atoms with E-state index in [-0.39, 0.29) is 34.5 Å². The van der Waals surface area contributed by atoms with Gasteiger partial charge >= 0.3 is 12.1 Å². The van der Waals surface area contributed by atoms with Crippen LogP contribution in [0.15, 0.2) is 53.6 Å². The third-order valence-corrected chi connectivity index (χ3v) is 6.04. The first-order valence-corrected chi connectivity index (χ1v) is 11.1. The van der Waals surface area contributed by atoms with Crippen LogP contribution < -0.4 is 10.3 Å². The highest BCUT2D eigenvalue weighted by Crippen LogP contribution is 2.30. The number of anilines is 1. The maximum Gasteiger partial charge on any atom is 0.416 e. The molecule has 1 aliphatic heterocycles. The fraction of sp³-hybridized carbons (Fsp3) is 0.250. The van der Waals surface area contributed by atoms with E-state index in [1.807, 2.05) is 0 Å². The molecule has 9 nitrogen and oxygen atoms in total. The van der Waals surface area contributed by atoms with Crippen LogP contribution in [0.1, 0.15) is 21.6 Å². The minimum atomic E-state index is -4.53. The van der Waals surface area contributed by atoms with Crippen molar-refractivity contribution in [1.82, 2.24) is 19.6 Å². The van der Waals surface area contributed by atoms with Gasteiger partial charge in [-0.1, -0.05) is 11.3 Å². The lowest BCUT2D eigenvalue weighted by atomic mass is 10.1. The summed E-state index contributed by atoms with van der Waals surface area (Å²) < 4.78 is 62.2. The molecule has 0 saturated carbocycles. The lowest BCUT2D eigenvalue weighted by Gasteiger charge is -2.29. The predicted molar refractivity (Wildman–Crippen MR) is 124 cm³/mol. The third-order valence-electron chi connectivity index (χ3n) is 6.04. The number of rotatable bonds is 5. The van der Waals surface area contributed by atoms with Gasteiger partial charge in [-0.25, -0.2) is 13.9 Å². The number of morpholine rings is 1. The molecule has 5 rings (SSSR count). The number of hydrogen-bond acceptors (Lipinski definition) is 6. The van der Waals surface area contributed by atoms with Crippen LogP contribution in [0, 0.1) is 5.82 Å². The molecule has 3 heterocycles. The van der Waals surface area contributed by atoms with Crippen LogP contribution in [-0.4, -0.2) is 56.9 Å². The summed E-state index contributed by atoms with van der Waals surface area (Å²) in [6, 6.07) is 7.03. The van der Waals surface area contributed by atoms with E-state index < -0.39 is 34.5 Å². The van der Waals surface area contributed by atoms with Gasteiger partial charge in [-0.2, -0.15) is 13.2 Å². The van der Waals surface area contributed by atoms with Crippen LogP contribution in [0.25, 0.3) is 16.6 Å². The smallest absolute Gasteiger partial charge is 0.416 e. The molecule has 0 bridgehead atoms. The average molecular weight is 517 g/mol. The van der Waals surface area contributed by atoms with Crippen LogP contribution in [0.3, 0.4) is 0 Å². The fourth-order valence-electron chi connectivity index (χ4n) is 4.23. The Morgan fingerprint density at radius 3 is 2.57 bits per heavy atom. The molecular weight excluding hydrogens is 498 g/mol. The number of carboxylic acids is 1. The molecule has 0 atom stereocenters. The van der Waals surface area contributed by atoms with Gasteiger partial charge in [-0.3, -0.25) is 4.79 Å². The summed E-state index contributed by atoms with van der Waals surface area (Å²) in [5, 5.41) is 17.3. The highest BCUT2D eigenvalue weighted by atomic mass is 19.4. The molecule has 0 amide bonds. The summed E-state index contributed by atoms with van der Waals surface area (Å²) in [6.07, 6.45) is -2.00. The zero-order valence-electron chi connectivity index (χ0n) is 19.1. The second kappa shape index (κ2) is 9.32. The van der Waals surface area contributed by atoms with Gasteiger partial charge in [0, 0.05) is 24.7 Å². The predicted octanol–water partition coefficient (Wildman–Crippen LogP) is 3.32. The molecule has 1 fully saturated rings. The molecule has 0 radical (unpaired) electrons. The Balaban J connectivity index is 1.57. The number of fused-ring (bicyclic) bond motifs is 1. The zero-order chi connectivity index (χ0) is 26.3. The number of aromatic nitrogens is 4. The number of alkyl halides is 3. The van der Waals surface area contributed by atoms with Crippen molar-refractivity contribution < 1.29 is 32.2 Å². The van der Waals surface area contributed by atoms with Gasteiger partial charge in [0.1, 0.15) is 17.1 Å². The first-order valence-electron chi connectivity index (χ1n) is 11.1. The van der Waals surface area contributed by atoms with Gasteiger partial charge in [0.05, 0.1) is 48.4 Å². The Kier molecular flexibility index (Phi) is 6.15. The number of hydrogen-bond donors (Lipinski definition) is 1. The van der Waals surface area contributed by atoms with Crippen molar-refractivity contribution in [2.24, 2.45) is 0 Å². The number of nitrogens with zero attached hydrogens (tertiary/aromatic N) is 5. The first kappa shape index (κ1) is 24.4. The van der Waals surface area contributed by atoms with Crippen LogP contribution >= 0.6 is 0 Å². The third kappa shape index (κ3) is 4.77. The second-order valence-electron chi connectivity index (χ2n) is 8.43. The number of carbonyl (C=O) groups is 1. The molecule has 13 heteroatoms. The Morgan fingerprint density at radius 1 is 1.11 bits per heavy atom. The highest BCUT2D eigenvalue weighted by molar-refractivity contribution is 5.93. The number of benzene rings is 2. The average Bonchev–Trinajstić information content (AvgIpc) is 3.34. The van der Waals surface area contributed by atoms with Crippen molar-refractivity contribution >= 4 is 22.6 Å². The lowest BCUT2D eigenvalue weighted by Crippen LogP contribution is -2.36. The van der Waals surface area contributed by atoms with Crippen LogP contribution in [0.5, 0.6) is 0 Å². The van der Waals surface area contributed by atoms with Crippen molar-refractivity contribution in [3.8, 4) is 5.69 Å². The number of ether oxygens (including phenoxy) is 1. The van der Waals surface area contributed by atoms with E-state index in [2.05, 4.69) is 10.3 Å². The minimum absolute atomic E-state index is 0.0792. The summed E-state index contributed by atoms with van der Waals surface area (Å²) in [7, 11) is 0. The summed E-state index contributed by atoms with van der Waals surface area (Å²) in [5.41, 5.74) is -1.34. The molecule has 0 spiro atoms. The van der Waals surface area contributed by atoms with Crippen molar-refractivity contribution in [2.75, 3.05) is 31.2 Å². The van der Waals surface area contributed by atoms with Gasteiger partial charge in [0.15, 0.2) is 0 Å². The first-order chi connectivity index (χ1) is 17.6. The summed E-state index contributed by atoms with van der Waals surface area (Å²) in [6.45, 7) is 1.60. The number of aromatic carboxylic acids is 1. The van der Waals surface area contributed by atoms with Crippen LogP contribution in [-0.2, 0) is 17.5 Å². The molecule has 0 aliphatic carbocycles. The Labute approximate surface area is 206 Å². The number of halogens is 4. The maximum atomic E-state index is 15.0. The maximum absolute atomic E-state index is 15.0. The van der Waals surface area contributed by atoms with Gasteiger partial charge in [0.2, 0.25) is 5.43 Å². The molecule has 2 aromatic carbocycles. The summed E-state index contributed by atoms with van der Waals surface area (Å²) >= 11 is 0. The standard InChI is InChI=1S/C24H19F4N5O4/c25-19-9-17-20(10-21(19)31-4-6-37-7-5-31)32(13-18(22(17)34)23(35)36)11-15-12-33(30-29-15)16-3-1-2-14(8-16)24(26,27)28/h1-3,8-10,12-13H,4-7,11H2,(H,35,36). The Hall–Kier alpha value is -4.26. The largest absolute Gasteiger partial charge is 0.477 e. The van der Waals surface area contributed by atoms with E-state index in [1.165, 1.54) is 29.0 Å². The van der Waals surface area contributed by atoms with Crippen molar-refractivity contribution in [3.63, 3.8) is 0 Å². The van der Waals surface area contributed by atoms with Crippen LogP contribution in [0.2, 0.25) is 0 Å². The Bertz CT molecular complexity index is 1560. The van der Waals surface area contributed by atoms with Gasteiger partial charge in [-0.05, 0) is 30.3 Å². The second-order valence-corrected chi connectivity index (χ2v) is 8.43. The SMILES string of the molecule is O=C(O)c1cn(Cc2cn(-c3cccc(C(F)(F)F)c3)nn2)c2cc(N3CCOCC3)c(F)cc2c1=O. The van der Waals surface area contributed by atoms with E-state index in [4.69, 9.17) is 4.74 Å². The monoisotopic (exact) mass is 517 g/mol. The Morgan fingerprint density at radius 2 is 1.86 bits per heavy atom. The van der Waals surface area contributed by atoms with E-state index in [0.717, 1.165) is 29.1 Å². The van der Waals surface area contributed by atoms with E-state index in [9.17, 15) is 32.3 Å². The molecule has 192 valence electrons. The molecular formula is C24H19F4N5O4. The normalized spacial score (nSPS) is 14.3. The number of carboxylic acid groups (broad SMARTS) is 1.